The van der Waals surface area contributed by atoms with Crippen LogP contribution in [0.1, 0.15) is 0 Å². The number of halogens is 1. The van der Waals surface area contributed by atoms with Crippen molar-refractivity contribution >= 4 is 15.9 Å². The summed E-state index contributed by atoms with van der Waals surface area (Å²) >= 11 is 2.92. The van der Waals surface area contributed by atoms with E-state index in [9.17, 15) is 0 Å². The minimum absolute atomic E-state index is 0.0277. The Labute approximate surface area is 56.0 Å². The molecule has 0 saturated carbocycles. The molecule has 0 spiro atoms. The van der Waals surface area contributed by atoms with Gasteiger partial charge in [-0.25, -0.2) is 0 Å². The second-order valence-corrected chi connectivity index (χ2v) is 1.91. The Morgan fingerprint density at radius 2 is 2.50 bits per heavy atom. The molecule has 0 aromatic rings. The van der Waals surface area contributed by atoms with E-state index in [0.29, 0.717) is 0 Å². The first kappa shape index (κ1) is 6.09. The standard InChI is InChI=1S/C5H5BrO2/c6-2-1-4-5(3-7)8-4/h4-5,7H,3H2/t4-,5+/m0/s1. The first-order chi connectivity index (χ1) is 3.88. The predicted molar refractivity (Wildman–Crippen MR) is 32.4 cm³/mol. The van der Waals surface area contributed by atoms with Crippen LogP contribution in [0.4, 0.5) is 0 Å². The van der Waals surface area contributed by atoms with Gasteiger partial charge in [-0.3, -0.25) is 0 Å². The minimum atomic E-state index is -0.0284. The Balaban J connectivity index is 2.23. The third-order valence-electron chi connectivity index (χ3n) is 0.959. The van der Waals surface area contributed by atoms with Gasteiger partial charge in [-0.2, -0.15) is 0 Å². The molecule has 0 aromatic heterocycles. The summed E-state index contributed by atoms with van der Waals surface area (Å²) < 4.78 is 4.85. The van der Waals surface area contributed by atoms with Crippen LogP contribution in [0.15, 0.2) is 0 Å². The van der Waals surface area contributed by atoms with Crippen molar-refractivity contribution in [3.8, 4) is 10.8 Å². The molecule has 0 unspecified atom stereocenters. The van der Waals surface area contributed by atoms with Crippen LogP contribution in [0.3, 0.4) is 0 Å². The van der Waals surface area contributed by atoms with E-state index in [0.717, 1.165) is 0 Å². The van der Waals surface area contributed by atoms with E-state index in [1.807, 2.05) is 0 Å². The van der Waals surface area contributed by atoms with E-state index >= 15 is 0 Å². The topological polar surface area (TPSA) is 32.8 Å². The molecule has 1 fully saturated rings. The second kappa shape index (κ2) is 2.49. The summed E-state index contributed by atoms with van der Waals surface area (Å²) in [7, 11) is 0. The van der Waals surface area contributed by atoms with E-state index in [1.165, 1.54) is 0 Å². The van der Waals surface area contributed by atoms with Crippen LogP contribution in [0.5, 0.6) is 0 Å². The van der Waals surface area contributed by atoms with Crippen molar-refractivity contribution in [3.63, 3.8) is 0 Å². The summed E-state index contributed by atoms with van der Waals surface area (Å²) in [6.45, 7) is 0.0757. The van der Waals surface area contributed by atoms with Crippen LogP contribution < -0.4 is 0 Å². The first-order valence-electron chi connectivity index (χ1n) is 2.26. The van der Waals surface area contributed by atoms with Gasteiger partial charge in [-0.05, 0) is 4.83 Å². The number of hydrogen-bond donors (Lipinski definition) is 1. The predicted octanol–water partition coefficient (Wildman–Crippen LogP) is 0.102. The van der Waals surface area contributed by atoms with Crippen LogP contribution in [0, 0.1) is 10.8 Å². The smallest absolute Gasteiger partial charge is 0.148 e. The lowest BCUT2D eigenvalue weighted by atomic mass is 10.3. The minimum Gasteiger partial charge on any atom is -0.394 e. The Morgan fingerprint density at radius 1 is 1.75 bits per heavy atom. The molecule has 0 aromatic carbocycles. The summed E-state index contributed by atoms with van der Waals surface area (Å²) in [6, 6.07) is 0. The number of aliphatic hydroxyl groups excluding tert-OH is 1. The fourth-order valence-electron chi connectivity index (χ4n) is 0.462. The molecular formula is C5H5BrO2. The molecule has 1 rings (SSSR count). The number of ether oxygens (including phenoxy) is 1. The summed E-state index contributed by atoms with van der Waals surface area (Å²) in [5.41, 5.74) is 0. The molecule has 1 saturated heterocycles. The average molecular weight is 177 g/mol. The van der Waals surface area contributed by atoms with Gasteiger partial charge >= 0.3 is 0 Å². The summed E-state index contributed by atoms with van der Waals surface area (Å²) in [5.74, 6) is 2.70. The van der Waals surface area contributed by atoms with E-state index in [1.54, 1.807) is 0 Å². The molecule has 8 heavy (non-hydrogen) atoms. The average Bonchev–Trinajstić information content (AvgIpc) is 2.48. The highest BCUT2D eigenvalue weighted by molar-refractivity contribution is 9.12. The molecule has 2 nitrogen and oxygen atoms in total. The molecule has 0 amide bonds. The molecule has 3 heteroatoms. The zero-order valence-electron chi connectivity index (χ0n) is 4.10. The highest BCUT2D eigenvalue weighted by Gasteiger charge is 2.36. The Hall–Kier alpha value is -0.0400. The Morgan fingerprint density at radius 3 is 2.88 bits per heavy atom. The van der Waals surface area contributed by atoms with E-state index in [4.69, 9.17) is 9.84 Å². The maximum atomic E-state index is 8.39. The van der Waals surface area contributed by atoms with Crippen LogP contribution in [-0.2, 0) is 4.74 Å². The van der Waals surface area contributed by atoms with Gasteiger partial charge in [0.2, 0.25) is 0 Å². The number of aliphatic hydroxyl groups is 1. The van der Waals surface area contributed by atoms with E-state index in [2.05, 4.69) is 26.7 Å². The van der Waals surface area contributed by atoms with Gasteiger partial charge in [0, 0.05) is 15.9 Å². The van der Waals surface area contributed by atoms with Crippen molar-refractivity contribution in [2.75, 3.05) is 6.61 Å². The Kier molecular flexibility index (Phi) is 1.90. The SMILES string of the molecule is OC[C@H]1O[C@H]1C#CBr. The summed E-state index contributed by atoms with van der Waals surface area (Å²) in [4.78, 5) is 2.52. The lowest BCUT2D eigenvalue weighted by molar-refractivity contribution is 0.243. The van der Waals surface area contributed by atoms with Gasteiger partial charge in [-0.15, -0.1) is 0 Å². The van der Waals surface area contributed by atoms with Gasteiger partial charge in [-0.1, -0.05) is 5.92 Å². The monoisotopic (exact) mass is 176 g/mol. The molecule has 1 N–H and O–H groups in total. The van der Waals surface area contributed by atoms with Crippen molar-refractivity contribution in [3.05, 3.63) is 0 Å². The molecule has 1 aliphatic rings. The second-order valence-electron chi connectivity index (χ2n) is 1.52. The maximum Gasteiger partial charge on any atom is 0.148 e. The van der Waals surface area contributed by atoms with Gasteiger partial charge in [0.1, 0.15) is 12.2 Å². The van der Waals surface area contributed by atoms with Gasteiger partial charge < -0.3 is 9.84 Å². The number of epoxide rings is 1. The lowest BCUT2D eigenvalue weighted by Crippen LogP contribution is -1.95. The van der Waals surface area contributed by atoms with E-state index < -0.39 is 0 Å². The third kappa shape index (κ3) is 1.22. The molecule has 2 atom stereocenters. The molecule has 0 radical (unpaired) electrons. The summed E-state index contributed by atoms with van der Waals surface area (Å²) in [6.07, 6.45) is -0.0561. The van der Waals surface area contributed by atoms with E-state index in [-0.39, 0.29) is 18.8 Å². The molecule has 44 valence electrons. The zero-order chi connectivity index (χ0) is 5.98. The first-order valence-corrected chi connectivity index (χ1v) is 3.05. The normalized spacial score (nSPS) is 33.2. The van der Waals surface area contributed by atoms with Crippen molar-refractivity contribution in [2.24, 2.45) is 0 Å². The molecule has 1 heterocycles. The molecular weight excluding hydrogens is 172 g/mol. The quantitative estimate of drug-likeness (QED) is 0.455. The van der Waals surface area contributed by atoms with Crippen LogP contribution in [0.25, 0.3) is 0 Å². The van der Waals surface area contributed by atoms with Crippen molar-refractivity contribution in [2.45, 2.75) is 12.2 Å². The highest BCUT2D eigenvalue weighted by Crippen LogP contribution is 2.19. The van der Waals surface area contributed by atoms with Crippen molar-refractivity contribution in [1.82, 2.24) is 0 Å². The number of rotatable bonds is 1. The van der Waals surface area contributed by atoms with Gasteiger partial charge in [0.15, 0.2) is 0 Å². The summed E-state index contributed by atoms with van der Waals surface area (Å²) in [5, 5.41) is 8.39. The van der Waals surface area contributed by atoms with Crippen molar-refractivity contribution < 1.29 is 9.84 Å². The zero-order valence-corrected chi connectivity index (χ0v) is 5.68. The maximum absolute atomic E-state index is 8.39. The van der Waals surface area contributed by atoms with Crippen LogP contribution in [0.2, 0.25) is 0 Å². The third-order valence-corrected chi connectivity index (χ3v) is 1.19. The fraction of sp³-hybridized carbons (Fsp3) is 0.600. The van der Waals surface area contributed by atoms with Crippen molar-refractivity contribution in [1.29, 1.82) is 0 Å². The lowest BCUT2D eigenvalue weighted by Gasteiger charge is -1.73. The highest BCUT2D eigenvalue weighted by atomic mass is 79.9. The van der Waals surface area contributed by atoms with Gasteiger partial charge in [0.25, 0.3) is 0 Å². The van der Waals surface area contributed by atoms with Gasteiger partial charge in [0.05, 0.1) is 6.61 Å². The largest absolute Gasteiger partial charge is 0.394 e. The molecule has 1 aliphatic heterocycles. The molecule has 0 aliphatic carbocycles. The molecule has 0 bridgehead atoms. The van der Waals surface area contributed by atoms with Crippen LogP contribution >= 0.6 is 15.9 Å². The van der Waals surface area contributed by atoms with Crippen LogP contribution in [-0.4, -0.2) is 23.9 Å². The Bertz CT molecular complexity index is 135. The number of hydrogen-bond acceptors (Lipinski definition) is 2. The fourth-order valence-corrected chi connectivity index (χ4v) is 0.688.